The molecule has 1 saturated heterocycles. The molecule has 30 heavy (non-hydrogen) atoms. The molecule has 2 heterocycles. The molecular formula is C25H30ClN3O. The van der Waals surface area contributed by atoms with E-state index in [9.17, 15) is 0 Å². The summed E-state index contributed by atoms with van der Waals surface area (Å²) in [5.74, 6) is 0.909. The molecule has 1 aliphatic rings. The Morgan fingerprint density at radius 1 is 0.900 bits per heavy atom. The van der Waals surface area contributed by atoms with Crippen LogP contribution in [-0.2, 0) is 7.05 Å². The van der Waals surface area contributed by atoms with Crippen LogP contribution in [0, 0.1) is 0 Å². The molecule has 0 radical (unpaired) electrons. The van der Waals surface area contributed by atoms with Crippen molar-refractivity contribution in [3.8, 4) is 5.75 Å². The van der Waals surface area contributed by atoms with E-state index in [0.29, 0.717) is 0 Å². The van der Waals surface area contributed by atoms with Crippen LogP contribution in [0.15, 0.2) is 48.5 Å². The second-order valence-corrected chi connectivity index (χ2v) is 8.28. The first kappa shape index (κ1) is 21.0. The Bertz CT molecular complexity index is 1180. The van der Waals surface area contributed by atoms with Crippen molar-refractivity contribution in [2.45, 2.75) is 19.3 Å². The third-order valence-corrected chi connectivity index (χ3v) is 6.49. The zero-order valence-electron chi connectivity index (χ0n) is 17.8. The molecule has 0 amide bonds. The number of nitrogens with zero attached hydrogens (tertiary/aromatic N) is 2. The maximum Gasteiger partial charge on any atom is 0.130 e. The monoisotopic (exact) mass is 423 g/mol. The maximum atomic E-state index is 5.51. The molecule has 5 rings (SSSR count). The van der Waals surface area contributed by atoms with E-state index in [1.54, 1.807) is 7.11 Å². The van der Waals surface area contributed by atoms with Crippen LogP contribution in [0.5, 0.6) is 5.75 Å². The van der Waals surface area contributed by atoms with Crippen LogP contribution in [0.25, 0.3) is 32.6 Å². The zero-order chi connectivity index (χ0) is 19.8. The molecule has 1 aromatic heterocycles. The van der Waals surface area contributed by atoms with Gasteiger partial charge >= 0.3 is 0 Å². The first-order chi connectivity index (χ1) is 14.2. The number of hydrogen-bond donors (Lipinski definition) is 1. The highest BCUT2D eigenvalue weighted by Crippen LogP contribution is 2.36. The molecule has 2 N–H and O–H groups in total. The lowest BCUT2D eigenvalue weighted by atomic mass is 10.0. The summed E-state index contributed by atoms with van der Waals surface area (Å²) in [6, 6.07) is 17.8. The number of methoxy groups -OCH3 is 1. The second kappa shape index (κ2) is 8.84. The summed E-state index contributed by atoms with van der Waals surface area (Å²) < 4.78 is 7.79. The lowest BCUT2D eigenvalue weighted by Gasteiger charge is -2.25. The number of halogens is 1. The molecule has 0 saturated carbocycles. The molecule has 0 aliphatic carbocycles. The van der Waals surface area contributed by atoms with E-state index in [4.69, 9.17) is 4.74 Å². The van der Waals surface area contributed by atoms with E-state index < -0.39 is 0 Å². The minimum absolute atomic E-state index is 0. The fraction of sp³-hybridized carbons (Fsp3) is 0.360. The number of aryl methyl sites for hydroxylation is 1. The number of aromatic nitrogens is 1. The van der Waals surface area contributed by atoms with Crippen molar-refractivity contribution in [3.63, 3.8) is 0 Å². The summed E-state index contributed by atoms with van der Waals surface area (Å²) in [6.07, 6.45) is 4.12. The lowest BCUT2D eigenvalue weighted by Crippen LogP contribution is -3.00. The van der Waals surface area contributed by atoms with E-state index in [-0.39, 0.29) is 12.4 Å². The fourth-order valence-electron chi connectivity index (χ4n) is 4.88. The van der Waals surface area contributed by atoms with Gasteiger partial charge in [-0.3, -0.25) is 4.90 Å². The minimum atomic E-state index is 0. The zero-order valence-corrected chi connectivity index (χ0v) is 18.6. The number of benzene rings is 3. The van der Waals surface area contributed by atoms with Gasteiger partial charge in [-0.2, -0.15) is 0 Å². The van der Waals surface area contributed by atoms with Gasteiger partial charge in [0.1, 0.15) is 11.4 Å². The number of likely N-dealkylation sites (tertiary alicyclic amines) is 1. The van der Waals surface area contributed by atoms with Gasteiger partial charge in [0.15, 0.2) is 0 Å². The van der Waals surface area contributed by atoms with Gasteiger partial charge < -0.3 is 27.0 Å². The molecule has 5 heteroatoms. The molecule has 158 valence electrons. The second-order valence-electron chi connectivity index (χ2n) is 8.28. The quantitative estimate of drug-likeness (QED) is 0.489. The maximum absolute atomic E-state index is 5.51. The Morgan fingerprint density at radius 2 is 1.67 bits per heavy atom. The molecular weight excluding hydrogens is 394 g/mol. The molecule has 3 aromatic carbocycles. The Kier molecular flexibility index (Phi) is 6.19. The lowest BCUT2D eigenvalue weighted by molar-refractivity contribution is -0.571. The molecule has 4 aromatic rings. The van der Waals surface area contributed by atoms with Gasteiger partial charge in [-0.1, -0.05) is 12.5 Å². The third kappa shape index (κ3) is 3.76. The van der Waals surface area contributed by atoms with E-state index in [0.717, 1.165) is 12.3 Å². The average Bonchev–Trinajstić information content (AvgIpc) is 3.06. The van der Waals surface area contributed by atoms with Crippen molar-refractivity contribution in [2.24, 2.45) is 7.05 Å². The van der Waals surface area contributed by atoms with Gasteiger partial charge in [-0.25, -0.2) is 0 Å². The standard InChI is InChI=1S/C25H29N3O.ClH/c1-27-23-11-9-20(29-2)17-22(23)25-21-16-19(8-6-18(21)7-10-24(25)27)26-12-15-28-13-4-3-5-14-28;/h6-11,16-17,26H,3-5,12-15H2,1-2H3;1H. The van der Waals surface area contributed by atoms with Gasteiger partial charge in [-0.15, -0.1) is 0 Å². The van der Waals surface area contributed by atoms with Crippen LogP contribution in [0.3, 0.4) is 0 Å². The number of quaternary nitrogens is 1. The smallest absolute Gasteiger partial charge is 0.130 e. The van der Waals surface area contributed by atoms with Crippen LogP contribution in [0.2, 0.25) is 0 Å². The SMILES string of the molecule is COc1ccc2c(c1)c1c3cc([NH2+]CCN4CCCCC4)ccc3ccc1n2C.[Cl-]. The summed E-state index contributed by atoms with van der Waals surface area (Å²) in [4.78, 5) is 2.61. The fourth-order valence-corrected chi connectivity index (χ4v) is 4.88. The van der Waals surface area contributed by atoms with Crippen LogP contribution in [0.1, 0.15) is 19.3 Å². The number of ether oxygens (including phenoxy) is 1. The Balaban J connectivity index is 0.00000218. The molecule has 0 bridgehead atoms. The van der Waals surface area contributed by atoms with Crippen LogP contribution < -0.4 is 22.5 Å². The number of hydrogen-bond acceptors (Lipinski definition) is 2. The molecule has 0 spiro atoms. The highest BCUT2D eigenvalue weighted by molar-refractivity contribution is 6.21. The Morgan fingerprint density at radius 3 is 2.47 bits per heavy atom. The number of nitrogens with two attached hydrogens (primary N) is 1. The average molecular weight is 424 g/mol. The highest BCUT2D eigenvalue weighted by atomic mass is 35.5. The van der Waals surface area contributed by atoms with Gasteiger partial charge in [-0.05, 0) is 73.1 Å². The normalized spacial score (nSPS) is 15.0. The van der Waals surface area contributed by atoms with Crippen LogP contribution in [0.4, 0.5) is 5.69 Å². The topological polar surface area (TPSA) is 34.0 Å². The van der Waals surface area contributed by atoms with Crippen molar-refractivity contribution in [1.29, 1.82) is 0 Å². The van der Waals surface area contributed by atoms with Crippen LogP contribution >= 0.6 is 0 Å². The predicted molar refractivity (Wildman–Crippen MR) is 121 cm³/mol. The molecule has 1 aliphatic heterocycles. The summed E-state index contributed by atoms with van der Waals surface area (Å²) >= 11 is 0. The van der Waals surface area contributed by atoms with E-state index >= 15 is 0 Å². The van der Waals surface area contributed by atoms with E-state index in [2.05, 4.69) is 64.3 Å². The van der Waals surface area contributed by atoms with Crippen LogP contribution in [-0.4, -0.2) is 42.8 Å². The van der Waals surface area contributed by atoms with Crippen molar-refractivity contribution < 1.29 is 22.5 Å². The largest absolute Gasteiger partial charge is 1.00 e. The molecule has 0 unspecified atom stereocenters. The third-order valence-electron chi connectivity index (χ3n) is 6.49. The Labute approximate surface area is 184 Å². The van der Waals surface area contributed by atoms with Crippen molar-refractivity contribution in [2.75, 3.05) is 33.3 Å². The summed E-state index contributed by atoms with van der Waals surface area (Å²) in [5, 5.41) is 7.61. The highest BCUT2D eigenvalue weighted by Gasteiger charge is 2.14. The molecule has 1 fully saturated rings. The minimum Gasteiger partial charge on any atom is -1.00 e. The summed E-state index contributed by atoms with van der Waals surface area (Å²) in [5.41, 5.74) is 3.83. The van der Waals surface area contributed by atoms with Crippen molar-refractivity contribution in [3.05, 3.63) is 48.5 Å². The number of fused-ring (bicyclic) bond motifs is 5. The summed E-state index contributed by atoms with van der Waals surface area (Å²) in [6.45, 7) is 4.83. The molecule has 4 nitrogen and oxygen atoms in total. The number of piperidine rings is 1. The summed E-state index contributed by atoms with van der Waals surface area (Å²) in [7, 11) is 3.89. The van der Waals surface area contributed by atoms with E-state index in [1.165, 1.54) is 77.2 Å². The first-order valence-corrected chi connectivity index (χ1v) is 10.8. The van der Waals surface area contributed by atoms with Crippen molar-refractivity contribution >= 4 is 38.3 Å². The van der Waals surface area contributed by atoms with Gasteiger partial charge in [0.05, 0.1) is 13.7 Å². The van der Waals surface area contributed by atoms with E-state index in [1.807, 2.05) is 6.07 Å². The molecule has 0 atom stereocenters. The first-order valence-electron chi connectivity index (χ1n) is 10.8. The van der Waals surface area contributed by atoms with Gasteiger partial charge in [0.25, 0.3) is 0 Å². The number of rotatable bonds is 5. The van der Waals surface area contributed by atoms with Crippen molar-refractivity contribution in [1.82, 2.24) is 9.47 Å². The van der Waals surface area contributed by atoms with Gasteiger partial charge in [0, 0.05) is 41.5 Å². The van der Waals surface area contributed by atoms with Gasteiger partial charge in [0.2, 0.25) is 0 Å². The predicted octanol–water partition coefficient (Wildman–Crippen LogP) is 1.18. The Hall–Kier alpha value is -2.27.